The Labute approximate surface area is 218 Å². The zero-order valence-corrected chi connectivity index (χ0v) is 23.2. The molecule has 9 heteroatoms. The van der Waals surface area contributed by atoms with E-state index in [4.69, 9.17) is 29.0 Å². The number of pyridine rings is 1. The van der Waals surface area contributed by atoms with E-state index in [0.717, 1.165) is 45.2 Å². The number of methoxy groups -OCH3 is 3. The number of fused-ring (bicyclic) bond motifs is 1. The van der Waals surface area contributed by atoms with E-state index >= 15 is 0 Å². The Morgan fingerprint density at radius 1 is 0.946 bits per heavy atom. The van der Waals surface area contributed by atoms with Gasteiger partial charge in [0, 0.05) is 37.4 Å². The molecule has 2 heterocycles. The molecule has 0 atom stereocenters. The van der Waals surface area contributed by atoms with Crippen LogP contribution >= 0.6 is 0 Å². The van der Waals surface area contributed by atoms with E-state index in [1.807, 2.05) is 42.5 Å². The maximum atomic E-state index is 12.1. The smallest absolute Gasteiger partial charge is 0.341 e. The summed E-state index contributed by atoms with van der Waals surface area (Å²) in [6.07, 6.45) is 1.79. The van der Waals surface area contributed by atoms with E-state index in [1.54, 1.807) is 24.1 Å². The van der Waals surface area contributed by atoms with Gasteiger partial charge < -0.3 is 18.9 Å². The Bertz CT molecular complexity index is 1410. The molecule has 0 fully saturated rings. The number of para-hydroxylation sites is 1. The average Bonchev–Trinajstić information content (AvgIpc) is 3.27. The third kappa shape index (κ3) is 5.84. The highest BCUT2D eigenvalue weighted by molar-refractivity contribution is 6.76. The van der Waals surface area contributed by atoms with E-state index in [0.29, 0.717) is 24.7 Å². The molecule has 2 aromatic carbocycles. The van der Waals surface area contributed by atoms with Crippen molar-refractivity contribution in [3.8, 4) is 33.9 Å². The van der Waals surface area contributed by atoms with E-state index in [1.165, 1.54) is 14.2 Å². The standard InChI is InChI=1S/C28H33N3O5Si/c1-33-24-10-8-7-9-21(24)26-23-15-20(19-11-12-22(28(32)35-3)25(16-19)34-2)17-29-27(23)31(30-26)18-36-13-14-37(4,5)6/h7-12,15-17H,13-14,18H2,1-6H3. The lowest BCUT2D eigenvalue weighted by atomic mass is 10.0. The number of hydrogen-bond donors (Lipinski definition) is 0. The van der Waals surface area contributed by atoms with Crippen molar-refractivity contribution in [2.75, 3.05) is 27.9 Å². The first kappa shape index (κ1) is 26.4. The molecule has 194 valence electrons. The van der Waals surface area contributed by atoms with Gasteiger partial charge in [-0.1, -0.05) is 37.8 Å². The fourth-order valence-electron chi connectivity index (χ4n) is 4.03. The van der Waals surface area contributed by atoms with Gasteiger partial charge >= 0.3 is 5.97 Å². The quantitative estimate of drug-likeness (QED) is 0.147. The van der Waals surface area contributed by atoms with Crippen LogP contribution in [0, 0.1) is 0 Å². The molecule has 0 radical (unpaired) electrons. The number of aromatic nitrogens is 3. The van der Waals surface area contributed by atoms with Crippen LogP contribution in [0.4, 0.5) is 0 Å². The number of hydrogen-bond acceptors (Lipinski definition) is 7. The predicted molar refractivity (Wildman–Crippen MR) is 147 cm³/mol. The number of rotatable bonds is 10. The van der Waals surface area contributed by atoms with E-state index in [2.05, 4.69) is 19.6 Å². The molecule has 0 N–H and O–H groups in total. The third-order valence-corrected chi connectivity index (χ3v) is 7.80. The van der Waals surface area contributed by atoms with Crippen molar-refractivity contribution in [2.45, 2.75) is 32.4 Å². The first-order chi connectivity index (χ1) is 17.8. The Hall–Kier alpha value is -3.69. The molecule has 0 saturated carbocycles. The van der Waals surface area contributed by atoms with Gasteiger partial charge in [0.05, 0.1) is 21.3 Å². The van der Waals surface area contributed by atoms with Crippen LogP contribution in [0.3, 0.4) is 0 Å². The highest BCUT2D eigenvalue weighted by Crippen LogP contribution is 2.36. The maximum absolute atomic E-state index is 12.1. The lowest BCUT2D eigenvalue weighted by Gasteiger charge is -2.15. The first-order valence-corrected chi connectivity index (χ1v) is 15.8. The lowest BCUT2D eigenvalue weighted by molar-refractivity contribution is 0.0597. The van der Waals surface area contributed by atoms with Crippen molar-refractivity contribution in [3.05, 3.63) is 60.3 Å². The van der Waals surface area contributed by atoms with E-state index in [-0.39, 0.29) is 0 Å². The van der Waals surface area contributed by atoms with Crippen molar-refractivity contribution in [1.82, 2.24) is 14.8 Å². The molecular formula is C28H33N3O5Si. The SMILES string of the molecule is COC(=O)c1ccc(-c2cnc3c(c2)c(-c2ccccc2OC)nn3COCC[Si](C)(C)C)cc1OC. The number of carbonyl (C=O) groups excluding carboxylic acids is 1. The molecule has 37 heavy (non-hydrogen) atoms. The minimum atomic E-state index is -1.20. The summed E-state index contributed by atoms with van der Waals surface area (Å²) in [6.45, 7) is 7.98. The minimum absolute atomic E-state index is 0.310. The van der Waals surface area contributed by atoms with Crippen molar-refractivity contribution < 1.29 is 23.7 Å². The Morgan fingerprint density at radius 3 is 2.41 bits per heavy atom. The van der Waals surface area contributed by atoms with Crippen LogP contribution < -0.4 is 9.47 Å². The van der Waals surface area contributed by atoms with Crippen LogP contribution in [0.2, 0.25) is 25.7 Å². The molecule has 0 aliphatic heterocycles. The molecule has 4 aromatic rings. The Morgan fingerprint density at radius 2 is 1.70 bits per heavy atom. The van der Waals surface area contributed by atoms with Gasteiger partial charge in [-0.05, 0) is 41.9 Å². The van der Waals surface area contributed by atoms with Crippen molar-refractivity contribution in [1.29, 1.82) is 0 Å². The average molecular weight is 520 g/mol. The van der Waals surface area contributed by atoms with E-state index in [9.17, 15) is 4.79 Å². The highest BCUT2D eigenvalue weighted by Gasteiger charge is 2.20. The van der Waals surface area contributed by atoms with Gasteiger partial charge in [0.2, 0.25) is 0 Å². The molecule has 0 amide bonds. The number of ether oxygens (including phenoxy) is 4. The summed E-state index contributed by atoms with van der Waals surface area (Å²) < 4.78 is 23.8. The number of nitrogens with zero attached hydrogens (tertiary/aromatic N) is 3. The maximum Gasteiger partial charge on any atom is 0.341 e. The van der Waals surface area contributed by atoms with Crippen molar-refractivity contribution in [3.63, 3.8) is 0 Å². The third-order valence-electron chi connectivity index (χ3n) is 6.10. The summed E-state index contributed by atoms with van der Waals surface area (Å²) in [6, 6.07) is 16.3. The summed E-state index contributed by atoms with van der Waals surface area (Å²) >= 11 is 0. The van der Waals surface area contributed by atoms with Crippen LogP contribution in [0.25, 0.3) is 33.4 Å². The molecule has 0 aliphatic rings. The molecule has 0 spiro atoms. The second-order valence-corrected chi connectivity index (χ2v) is 15.5. The summed E-state index contributed by atoms with van der Waals surface area (Å²) in [5.41, 5.74) is 4.42. The van der Waals surface area contributed by atoms with Gasteiger partial charge in [0.1, 0.15) is 29.5 Å². The monoisotopic (exact) mass is 519 g/mol. The summed E-state index contributed by atoms with van der Waals surface area (Å²) in [5, 5.41) is 5.76. The van der Waals surface area contributed by atoms with E-state index < -0.39 is 14.0 Å². The Kier molecular flexibility index (Phi) is 7.94. The largest absolute Gasteiger partial charge is 0.496 e. The van der Waals surface area contributed by atoms with Gasteiger partial charge in [0.25, 0.3) is 0 Å². The van der Waals surface area contributed by atoms with Gasteiger partial charge in [-0.2, -0.15) is 5.10 Å². The fourth-order valence-corrected chi connectivity index (χ4v) is 4.78. The van der Waals surface area contributed by atoms with Crippen molar-refractivity contribution in [2.24, 2.45) is 0 Å². The fraction of sp³-hybridized carbons (Fsp3) is 0.321. The van der Waals surface area contributed by atoms with Gasteiger partial charge in [-0.25, -0.2) is 14.5 Å². The normalized spacial score (nSPS) is 11.5. The number of carbonyl (C=O) groups is 1. The molecule has 8 nitrogen and oxygen atoms in total. The van der Waals surface area contributed by atoms with Gasteiger partial charge in [0.15, 0.2) is 5.65 Å². The second-order valence-electron chi connectivity index (χ2n) is 9.90. The molecule has 2 aromatic heterocycles. The highest BCUT2D eigenvalue weighted by atomic mass is 28.3. The zero-order valence-electron chi connectivity index (χ0n) is 22.2. The topological polar surface area (TPSA) is 84.7 Å². The summed E-state index contributed by atoms with van der Waals surface area (Å²) in [4.78, 5) is 16.9. The number of esters is 1. The van der Waals surface area contributed by atoms with Crippen LogP contribution in [0.15, 0.2) is 54.7 Å². The lowest BCUT2D eigenvalue weighted by Crippen LogP contribution is -2.22. The molecule has 0 unspecified atom stereocenters. The molecule has 0 saturated heterocycles. The zero-order chi connectivity index (χ0) is 26.6. The summed E-state index contributed by atoms with van der Waals surface area (Å²) in [5.74, 6) is 0.704. The summed E-state index contributed by atoms with van der Waals surface area (Å²) in [7, 11) is 3.32. The molecule has 0 aliphatic carbocycles. The van der Waals surface area contributed by atoms with Crippen LogP contribution in [0.5, 0.6) is 11.5 Å². The molecule has 4 rings (SSSR count). The molecular weight excluding hydrogens is 486 g/mol. The molecule has 0 bridgehead atoms. The van der Waals surface area contributed by atoms with Gasteiger partial charge in [-0.15, -0.1) is 0 Å². The number of benzene rings is 2. The first-order valence-electron chi connectivity index (χ1n) is 12.1. The van der Waals surface area contributed by atoms with Crippen LogP contribution in [0.1, 0.15) is 10.4 Å². The predicted octanol–water partition coefficient (Wildman–Crippen LogP) is 5.88. The van der Waals surface area contributed by atoms with Crippen LogP contribution in [-0.4, -0.2) is 56.7 Å². The van der Waals surface area contributed by atoms with Crippen LogP contribution in [-0.2, 0) is 16.2 Å². The Balaban J connectivity index is 1.79. The minimum Gasteiger partial charge on any atom is -0.496 e. The van der Waals surface area contributed by atoms with Gasteiger partial charge in [-0.3, -0.25) is 0 Å². The van der Waals surface area contributed by atoms with Crippen molar-refractivity contribution >= 4 is 25.1 Å². The second kappa shape index (κ2) is 11.1.